The highest BCUT2D eigenvalue weighted by Crippen LogP contribution is 2.38. The molecule has 2 N–H and O–H groups in total. The molecule has 4 nitrogen and oxygen atoms in total. The van der Waals surface area contributed by atoms with Crippen molar-refractivity contribution in [3.63, 3.8) is 0 Å². The monoisotopic (exact) mass is 455 g/mol. The number of anilines is 1. The molecule has 0 aromatic heterocycles. The number of rotatable bonds is 6. The average molecular weight is 456 g/mol. The largest absolute Gasteiger partial charge is 0.478 e. The Kier molecular flexibility index (Phi) is 6.91. The third-order valence-electron chi connectivity index (χ3n) is 5.73. The first kappa shape index (κ1) is 21.3. The van der Waals surface area contributed by atoms with E-state index in [4.69, 9.17) is 5.11 Å². The van der Waals surface area contributed by atoms with E-state index in [0.717, 1.165) is 39.7 Å². The minimum Gasteiger partial charge on any atom is -0.478 e. The topological polar surface area (TPSA) is 66.4 Å². The normalized spacial score (nSPS) is 15.9. The van der Waals surface area contributed by atoms with E-state index in [2.05, 4.69) is 21.2 Å². The van der Waals surface area contributed by atoms with Gasteiger partial charge in [0.1, 0.15) is 0 Å². The van der Waals surface area contributed by atoms with Crippen molar-refractivity contribution >= 4 is 39.6 Å². The van der Waals surface area contributed by atoms with Crippen LogP contribution in [-0.2, 0) is 9.59 Å². The second-order valence-corrected chi connectivity index (χ2v) is 8.63. The molecule has 3 rings (SSSR count). The van der Waals surface area contributed by atoms with Crippen molar-refractivity contribution in [2.75, 3.05) is 5.32 Å². The number of aliphatic carboxylic acids is 1. The SMILES string of the molecule is C/C(=C\c1cccc(NC(=O)C(c2ccc(Br)cc2)C2CCCC2)c1C)C(=O)O. The molecule has 1 amide bonds. The number of carbonyl (C=O) groups is 2. The summed E-state index contributed by atoms with van der Waals surface area (Å²) in [5.41, 5.74) is 3.68. The van der Waals surface area contributed by atoms with E-state index in [-0.39, 0.29) is 17.4 Å². The van der Waals surface area contributed by atoms with Gasteiger partial charge in [0.05, 0.1) is 5.92 Å². The first-order valence-corrected chi connectivity index (χ1v) is 10.7. The molecule has 0 spiro atoms. The van der Waals surface area contributed by atoms with Crippen LogP contribution in [0.15, 0.2) is 52.5 Å². The fourth-order valence-electron chi connectivity index (χ4n) is 4.05. The van der Waals surface area contributed by atoms with Crippen LogP contribution >= 0.6 is 15.9 Å². The Hall–Kier alpha value is -2.40. The summed E-state index contributed by atoms with van der Waals surface area (Å²) >= 11 is 3.47. The van der Waals surface area contributed by atoms with Crippen LogP contribution in [0.5, 0.6) is 0 Å². The van der Waals surface area contributed by atoms with E-state index < -0.39 is 5.97 Å². The van der Waals surface area contributed by atoms with Gasteiger partial charge in [0.25, 0.3) is 0 Å². The van der Waals surface area contributed by atoms with Gasteiger partial charge in [-0.2, -0.15) is 0 Å². The Morgan fingerprint density at radius 3 is 2.41 bits per heavy atom. The van der Waals surface area contributed by atoms with Crippen LogP contribution in [0.1, 0.15) is 55.2 Å². The molecule has 1 fully saturated rings. The molecule has 2 aromatic rings. The number of hydrogen-bond acceptors (Lipinski definition) is 2. The average Bonchev–Trinajstić information content (AvgIpc) is 3.20. The highest BCUT2D eigenvalue weighted by molar-refractivity contribution is 9.10. The zero-order chi connectivity index (χ0) is 21.0. The van der Waals surface area contributed by atoms with Crippen molar-refractivity contribution < 1.29 is 14.7 Å². The lowest BCUT2D eigenvalue weighted by Crippen LogP contribution is -2.27. The molecule has 2 aromatic carbocycles. The maximum Gasteiger partial charge on any atom is 0.331 e. The van der Waals surface area contributed by atoms with E-state index in [1.54, 1.807) is 13.0 Å². The molecule has 152 valence electrons. The van der Waals surface area contributed by atoms with Crippen LogP contribution in [-0.4, -0.2) is 17.0 Å². The van der Waals surface area contributed by atoms with Gasteiger partial charge >= 0.3 is 5.97 Å². The van der Waals surface area contributed by atoms with E-state index >= 15 is 0 Å². The molecule has 1 aliphatic carbocycles. The molecular formula is C24H26BrNO3. The van der Waals surface area contributed by atoms with E-state index in [0.29, 0.717) is 5.92 Å². The first-order chi connectivity index (χ1) is 13.9. The lowest BCUT2D eigenvalue weighted by atomic mass is 9.84. The van der Waals surface area contributed by atoms with Gasteiger partial charge in [-0.15, -0.1) is 0 Å². The summed E-state index contributed by atoms with van der Waals surface area (Å²) in [5, 5.41) is 12.3. The number of nitrogens with one attached hydrogen (secondary N) is 1. The minimum absolute atomic E-state index is 0.00147. The third kappa shape index (κ3) is 5.15. The van der Waals surface area contributed by atoms with Crippen molar-refractivity contribution in [1.82, 2.24) is 0 Å². The zero-order valence-electron chi connectivity index (χ0n) is 16.7. The highest BCUT2D eigenvalue weighted by Gasteiger charge is 2.32. The summed E-state index contributed by atoms with van der Waals surface area (Å²) in [7, 11) is 0. The van der Waals surface area contributed by atoms with E-state index in [1.165, 1.54) is 12.8 Å². The molecule has 0 radical (unpaired) electrons. The number of carboxylic acids is 1. The number of benzene rings is 2. The minimum atomic E-state index is -0.949. The maximum absolute atomic E-state index is 13.3. The molecule has 0 heterocycles. The molecule has 0 saturated heterocycles. The molecule has 0 bridgehead atoms. The van der Waals surface area contributed by atoms with Crippen molar-refractivity contribution in [3.8, 4) is 0 Å². The Balaban J connectivity index is 1.89. The van der Waals surface area contributed by atoms with E-state index in [1.807, 2.05) is 49.4 Å². The van der Waals surface area contributed by atoms with Gasteiger partial charge in [0, 0.05) is 15.7 Å². The van der Waals surface area contributed by atoms with Crippen molar-refractivity contribution in [2.24, 2.45) is 5.92 Å². The molecule has 5 heteroatoms. The number of amides is 1. The Morgan fingerprint density at radius 2 is 1.79 bits per heavy atom. The summed E-state index contributed by atoms with van der Waals surface area (Å²) in [4.78, 5) is 24.5. The van der Waals surface area contributed by atoms with E-state index in [9.17, 15) is 9.59 Å². The van der Waals surface area contributed by atoms with Crippen LogP contribution in [0.3, 0.4) is 0 Å². The Morgan fingerprint density at radius 1 is 1.14 bits per heavy atom. The predicted octanol–water partition coefficient (Wildman–Crippen LogP) is 6.16. The van der Waals surface area contributed by atoms with Gasteiger partial charge in [-0.05, 0) is 73.6 Å². The van der Waals surface area contributed by atoms with Crippen molar-refractivity contribution in [3.05, 3.63) is 69.2 Å². The number of carbonyl (C=O) groups excluding carboxylic acids is 1. The molecule has 1 saturated carbocycles. The smallest absolute Gasteiger partial charge is 0.331 e. The number of halogens is 1. The third-order valence-corrected chi connectivity index (χ3v) is 6.25. The second kappa shape index (κ2) is 9.40. The maximum atomic E-state index is 13.3. The van der Waals surface area contributed by atoms with Crippen LogP contribution in [0.2, 0.25) is 0 Å². The second-order valence-electron chi connectivity index (χ2n) is 7.72. The van der Waals surface area contributed by atoms with Gasteiger partial charge in [-0.3, -0.25) is 4.79 Å². The van der Waals surface area contributed by atoms with Gasteiger partial charge < -0.3 is 10.4 Å². The molecule has 1 unspecified atom stereocenters. The highest BCUT2D eigenvalue weighted by atomic mass is 79.9. The number of hydrogen-bond donors (Lipinski definition) is 2. The molecule has 1 aliphatic rings. The van der Waals surface area contributed by atoms with Crippen LogP contribution in [0, 0.1) is 12.8 Å². The summed E-state index contributed by atoms with van der Waals surface area (Å²) in [5.74, 6) is -0.799. The first-order valence-electron chi connectivity index (χ1n) is 9.94. The summed E-state index contributed by atoms with van der Waals surface area (Å²) in [6, 6.07) is 13.6. The summed E-state index contributed by atoms with van der Waals surface area (Å²) in [6.45, 7) is 3.47. The molecule has 1 atom stereocenters. The fourth-order valence-corrected chi connectivity index (χ4v) is 4.31. The van der Waals surface area contributed by atoms with Crippen LogP contribution < -0.4 is 5.32 Å². The molecular weight excluding hydrogens is 430 g/mol. The van der Waals surface area contributed by atoms with Crippen molar-refractivity contribution in [1.29, 1.82) is 0 Å². The summed E-state index contributed by atoms with van der Waals surface area (Å²) in [6.07, 6.45) is 6.09. The van der Waals surface area contributed by atoms with Crippen LogP contribution in [0.25, 0.3) is 6.08 Å². The lowest BCUT2D eigenvalue weighted by Gasteiger charge is -2.24. The van der Waals surface area contributed by atoms with Gasteiger partial charge in [-0.1, -0.05) is 53.0 Å². The molecule has 29 heavy (non-hydrogen) atoms. The summed E-state index contributed by atoms with van der Waals surface area (Å²) < 4.78 is 0.996. The fraction of sp³-hybridized carbons (Fsp3) is 0.333. The standard InChI is InChI=1S/C24H26BrNO3/c1-15(24(28)29)14-19-8-5-9-21(16(19)2)26-23(27)22(17-6-3-4-7-17)18-10-12-20(25)13-11-18/h5,8-14,17,22H,3-4,6-7H2,1-2H3,(H,26,27)(H,28,29)/b15-14+. The van der Waals surface area contributed by atoms with Gasteiger partial charge in [-0.25, -0.2) is 4.79 Å². The number of carboxylic acid groups (broad SMARTS) is 1. The Bertz CT molecular complexity index is 928. The quantitative estimate of drug-likeness (QED) is 0.512. The molecule has 0 aliphatic heterocycles. The predicted molar refractivity (Wildman–Crippen MR) is 120 cm³/mol. The van der Waals surface area contributed by atoms with Gasteiger partial charge in [0.2, 0.25) is 5.91 Å². The lowest BCUT2D eigenvalue weighted by molar-refractivity contribution is -0.132. The van der Waals surface area contributed by atoms with Crippen molar-refractivity contribution in [2.45, 2.75) is 45.4 Å². The van der Waals surface area contributed by atoms with Gasteiger partial charge in [0.15, 0.2) is 0 Å². The van der Waals surface area contributed by atoms with Crippen LogP contribution in [0.4, 0.5) is 5.69 Å². The Labute approximate surface area is 180 Å². The zero-order valence-corrected chi connectivity index (χ0v) is 18.3.